The van der Waals surface area contributed by atoms with E-state index in [-0.39, 0.29) is 6.54 Å². The number of benzene rings is 1. The Balaban J connectivity index is 2.97. The zero-order valence-corrected chi connectivity index (χ0v) is 10.7. The molecule has 0 aliphatic rings. The van der Waals surface area contributed by atoms with Crippen LogP contribution in [0.4, 0.5) is 13.2 Å². The SMILES string of the molecule is CCN(CC(F)(F)F)C(=O)c1ccccc1CCN. The number of halogens is 3. The van der Waals surface area contributed by atoms with Crippen LogP contribution in [0.2, 0.25) is 0 Å². The molecule has 0 bridgehead atoms. The summed E-state index contributed by atoms with van der Waals surface area (Å²) in [7, 11) is 0. The van der Waals surface area contributed by atoms with E-state index in [0.717, 1.165) is 4.90 Å². The minimum Gasteiger partial charge on any atom is -0.330 e. The van der Waals surface area contributed by atoms with Crippen LogP contribution in [0.5, 0.6) is 0 Å². The average molecular weight is 274 g/mol. The lowest BCUT2D eigenvalue weighted by molar-refractivity contribution is -0.140. The van der Waals surface area contributed by atoms with Gasteiger partial charge in [0.2, 0.25) is 0 Å². The molecule has 0 heterocycles. The number of carbonyl (C=O) groups excluding carboxylic acids is 1. The molecule has 0 aliphatic heterocycles. The molecule has 0 radical (unpaired) electrons. The van der Waals surface area contributed by atoms with Gasteiger partial charge in [0.05, 0.1) is 0 Å². The topological polar surface area (TPSA) is 46.3 Å². The fourth-order valence-electron chi connectivity index (χ4n) is 1.82. The Labute approximate surface area is 110 Å². The predicted octanol–water partition coefficient (Wildman–Crippen LogP) is 2.21. The van der Waals surface area contributed by atoms with Crippen molar-refractivity contribution in [3.63, 3.8) is 0 Å². The third kappa shape index (κ3) is 4.55. The molecule has 19 heavy (non-hydrogen) atoms. The van der Waals surface area contributed by atoms with Gasteiger partial charge in [0.1, 0.15) is 6.54 Å². The smallest absolute Gasteiger partial charge is 0.330 e. The van der Waals surface area contributed by atoms with Gasteiger partial charge in [0.25, 0.3) is 5.91 Å². The lowest BCUT2D eigenvalue weighted by Gasteiger charge is -2.23. The lowest BCUT2D eigenvalue weighted by atomic mass is 10.0. The molecule has 0 saturated heterocycles. The zero-order valence-electron chi connectivity index (χ0n) is 10.7. The summed E-state index contributed by atoms with van der Waals surface area (Å²) in [5, 5.41) is 0. The van der Waals surface area contributed by atoms with Crippen LogP contribution >= 0.6 is 0 Å². The van der Waals surface area contributed by atoms with Crippen molar-refractivity contribution >= 4 is 5.91 Å². The Hall–Kier alpha value is -1.56. The largest absolute Gasteiger partial charge is 0.406 e. The molecule has 0 aliphatic carbocycles. The zero-order chi connectivity index (χ0) is 14.5. The fourth-order valence-corrected chi connectivity index (χ4v) is 1.82. The molecule has 0 saturated carbocycles. The number of hydrogen-bond acceptors (Lipinski definition) is 2. The van der Waals surface area contributed by atoms with Crippen LogP contribution in [-0.2, 0) is 6.42 Å². The summed E-state index contributed by atoms with van der Waals surface area (Å²) in [6.07, 6.45) is -3.93. The first-order valence-corrected chi connectivity index (χ1v) is 6.03. The van der Waals surface area contributed by atoms with Gasteiger partial charge < -0.3 is 10.6 Å². The second-order valence-electron chi connectivity index (χ2n) is 4.13. The van der Waals surface area contributed by atoms with Crippen LogP contribution in [0, 0.1) is 0 Å². The number of nitrogens with zero attached hydrogens (tertiary/aromatic N) is 1. The summed E-state index contributed by atoms with van der Waals surface area (Å²) in [6.45, 7) is 0.638. The highest BCUT2D eigenvalue weighted by Crippen LogP contribution is 2.19. The summed E-state index contributed by atoms with van der Waals surface area (Å²) in [6, 6.07) is 6.62. The van der Waals surface area contributed by atoms with Crippen LogP contribution in [0.1, 0.15) is 22.8 Å². The number of rotatable bonds is 5. The summed E-state index contributed by atoms with van der Waals surface area (Å²) in [4.78, 5) is 12.9. The van der Waals surface area contributed by atoms with Crippen LogP contribution in [0.15, 0.2) is 24.3 Å². The molecule has 0 unspecified atom stereocenters. The van der Waals surface area contributed by atoms with Gasteiger partial charge in [-0.1, -0.05) is 18.2 Å². The number of hydrogen-bond donors (Lipinski definition) is 1. The highest BCUT2D eigenvalue weighted by molar-refractivity contribution is 5.95. The van der Waals surface area contributed by atoms with Gasteiger partial charge in [-0.3, -0.25) is 4.79 Å². The molecular weight excluding hydrogens is 257 g/mol. The quantitative estimate of drug-likeness (QED) is 0.894. The second-order valence-corrected chi connectivity index (χ2v) is 4.13. The van der Waals surface area contributed by atoms with Gasteiger partial charge in [-0.05, 0) is 31.5 Å². The Morgan fingerprint density at radius 3 is 2.47 bits per heavy atom. The van der Waals surface area contributed by atoms with Gasteiger partial charge in [-0.2, -0.15) is 13.2 Å². The molecule has 0 aromatic heterocycles. The van der Waals surface area contributed by atoms with E-state index in [1.54, 1.807) is 18.2 Å². The molecule has 0 atom stereocenters. The van der Waals surface area contributed by atoms with Crippen molar-refractivity contribution in [2.75, 3.05) is 19.6 Å². The Bertz CT molecular complexity index is 432. The van der Waals surface area contributed by atoms with Crippen LogP contribution < -0.4 is 5.73 Å². The first-order chi connectivity index (χ1) is 8.89. The number of alkyl halides is 3. The number of nitrogens with two attached hydrogens (primary N) is 1. The standard InChI is InChI=1S/C13H17F3N2O/c1-2-18(9-13(14,15)16)12(19)11-6-4-3-5-10(11)7-8-17/h3-6H,2,7-9,17H2,1H3. The Kier molecular flexibility index (Phi) is 5.35. The lowest BCUT2D eigenvalue weighted by Crippen LogP contribution is -2.39. The monoisotopic (exact) mass is 274 g/mol. The molecule has 1 amide bonds. The molecule has 106 valence electrons. The normalized spacial score (nSPS) is 11.4. The minimum atomic E-state index is -4.39. The van der Waals surface area contributed by atoms with E-state index in [1.807, 2.05) is 0 Å². The summed E-state index contributed by atoms with van der Waals surface area (Å²) in [5.41, 5.74) is 6.40. The van der Waals surface area contributed by atoms with Crippen molar-refractivity contribution in [2.45, 2.75) is 19.5 Å². The Morgan fingerprint density at radius 1 is 1.32 bits per heavy atom. The van der Waals surface area contributed by atoms with E-state index in [9.17, 15) is 18.0 Å². The first-order valence-electron chi connectivity index (χ1n) is 6.03. The van der Waals surface area contributed by atoms with Crippen LogP contribution in [0.25, 0.3) is 0 Å². The van der Waals surface area contributed by atoms with Gasteiger partial charge in [-0.25, -0.2) is 0 Å². The van der Waals surface area contributed by atoms with Crippen molar-refractivity contribution in [1.82, 2.24) is 4.90 Å². The van der Waals surface area contributed by atoms with Crippen molar-refractivity contribution < 1.29 is 18.0 Å². The van der Waals surface area contributed by atoms with E-state index in [0.29, 0.717) is 24.1 Å². The molecule has 1 aromatic rings. The summed E-state index contributed by atoms with van der Waals surface area (Å²) >= 11 is 0. The van der Waals surface area contributed by atoms with Crippen molar-refractivity contribution in [1.29, 1.82) is 0 Å². The third-order valence-corrected chi connectivity index (χ3v) is 2.70. The highest BCUT2D eigenvalue weighted by atomic mass is 19.4. The fraction of sp³-hybridized carbons (Fsp3) is 0.462. The molecule has 2 N–H and O–H groups in total. The molecule has 0 fully saturated rings. The maximum Gasteiger partial charge on any atom is 0.406 e. The second kappa shape index (κ2) is 6.56. The van der Waals surface area contributed by atoms with Crippen LogP contribution in [-0.4, -0.2) is 36.6 Å². The molecule has 6 heteroatoms. The van der Waals surface area contributed by atoms with E-state index < -0.39 is 18.6 Å². The number of amides is 1. The van der Waals surface area contributed by atoms with E-state index in [1.165, 1.54) is 13.0 Å². The van der Waals surface area contributed by atoms with Gasteiger partial charge in [0.15, 0.2) is 0 Å². The molecule has 3 nitrogen and oxygen atoms in total. The van der Waals surface area contributed by atoms with E-state index in [4.69, 9.17) is 5.73 Å². The third-order valence-electron chi connectivity index (χ3n) is 2.70. The summed E-state index contributed by atoms with van der Waals surface area (Å²) in [5.74, 6) is -0.608. The van der Waals surface area contributed by atoms with Crippen LogP contribution in [0.3, 0.4) is 0 Å². The molecule has 1 rings (SSSR count). The van der Waals surface area contributed by atoms with E-state index in [2.05, 4.69) is 0 Å². The van der Waals surface area contributed by atoms with E-state index >= 15 is 0 Å². The van der Waals surface area contributed by atoms with Gasteiger partial charge in [0, 0.05) is 12.1 Å². The molecular formula is C13H17F3N2O. The molecule has 0 spiro atoms. The Morgan fingerprint density at radius 2 is 1.95 bits per heavy atom. The molecule has 1 aromatic carbocycles. The number of carbonyl (C=O) groups is 1. The van der Waals surface area contributed by atoms with Gasteiger partial charge >= 0.3 is 6.18 Å². The predicted molar refractivity (Wildman–Crippen MR) is 66.8 cm³/mol. The average Bonchev–Trinajstić information content (AvgIpc) is 2.35. The maximum absolute atomic E-state index is 12.4. The van der Waals surface area contributed by atoms with Crippen molar-refractivity contribution in [2.24, 2.45) is 5.73 Å². The first kappa shape index (κ1) is 15.5. The van der Waals surface area contributed by atoms with Crippen molar-refractivity contribution in [3.8, 4) is 0 Å². The minimum absolute atomic E-state index is 0.00923. The summed E-state index contributed by atoms with van der Waals surface area (Å²) < 4.78 is 37.2. The van der Waals surface area contributed by atoms with Gasteiger partial charge in [-0.15, -0.1) is 0 Å². The highest BCUT2D eigenvalue weighted by Gasteiger charge is 2.33. The van der Waals surface area contributed by atoms with Crippen molar-refractivity contribution in [3.05, 3.63) is 35.4 Å². The maximum atomic E-state index is 12.4.